The molecule has 10 heavy (non-hydrogen) atoms. The predicted octanol–water partition coefficient (Wildman–Crippen LogP) is 2.01. The molecule has 0 aromatic rings. The van der Waals surface area contributed by atoms with Gasteiger partial charge >= 0.3 is 0 Å². The van der Waals surface area contributed by atoms with Gasteiger partial charge in [-0.3, -0.25) is 4.79 Å². The zero-order chi connectivity index (χ0) is 7.57. The molecule has 2 unspecified atom stereocenters. The first-order valence-electron chi connectivity index (χ1n) is 4.04. The van der Waals surface area contributed by atoms with Gasteiger partial charge in [0.25, 0.3) is 0 Å². The second-order valence-corrected chi connectivity index (χ2v) is 4.27. The van der Waals surface area contributed by atoms with Crippen LogP contribution in [-0.2, 0) is 4.79 Å². The van der Waals surface area contributed by atoms with E-state index >= 15 is 0 Å². The van der Waals surface area contributed by atoms with Crippen LogP contribution in [0.4, 0.5) is 0 Å². The van der Waals surface area contributed by atoms with Gasteiger partial charge in [-0.05, 0) is 31.1 Å². The number of carbonyl (C=O) groups excluding carboxylic acids is 1. The molecule has 2 fully saturated rings. The van der Waals surface area contributed by atoms with Crippen LogP contribution < -0.4 is 0 Å². The smallest absolute Gasteiger partial charge is 0.136 e. The van der Waals surface area contributed by atoms with Crippen molar-refractivity contribution in [3.05, 3.63) is 0 Å². The molecule has 56 valence electrons. The monoisotopic (exact) mass is 138 g/mol. The quantitative estimate of drug-likeness (QED) is 0.541. The lowest BCUT2D eigenvalue weighted by atomic mass is 9.85. The van der Waals surface area contributed by atoms with Gasteiger partial charge in [0.15, 0.2) is 0 Å². The van der Waals surface area contributed by atoms with Gasteiger partial charge < -0.3 is 0 Å². The maximum Gasteiger partial charge on any atom is 0.136 e. The molecule has 0 aromatic heterocycles. The molecule has 0 spiro atoms. The number of hydrogen-bond donors (Lipinski definition) is 0. The number of ketones is 1. The van der Waals surface area contributed by atoms with Crippen LogP contribution in [0, 0.1) is 16.7 Å². The van der Waals surface area contributed by atoms with E-state index in [0.29, 0.717) is 11.2 Å². The van der Waals surface area contributed by atoms with Crippen molar-refractivity contribution in [1.29, 1.82) is 0 Å². The van der Waals surface area contributed by atoms with Crippen molar-refractivity contribution < 1.29 is 4.79 Å². The maximum atomic E-state index is 11.2. The number of hydrogen-bond acceptors (Lipinski definition) is 1. The molecule has 1 nitrogen and oxygen atoms in total. The molecule has 3 atom stereocenters. The SMILES string of the molecule is CC(=O)C1(C)[C@H]2CCC21C. The van der Waals surface area contributed by atoms with Crippen molar-refractivity contribution in [2.24, 2.45) is 16.7 Å². The Morgan fingerprint density at radius 3 is 2.10 bits per heavy atom. The fourth-order valence-electron chi connectivity index (χ4n) is 2.90. The standard InChI is InChI=1S/C9H14O/c1-6(10)9(3)7-4-5-8(7,9)2/h7H,4-5H2,1-3H3/t7-,8?,9?/m0/s1. The third-order valence-corrected chi connectivity index (χ3v) is 4.25. The van der Waals surface area contributed by atoms with Crippen LogP contribution in [0.2, 0.25) is 0 Å². The lowest BCUT2D eigenvalue weighted by Gasteiger charge is -2.19. The number of rotatable bonds is 1. The van der Waals surface area contributed by atoms with Crippen LogP contribution in [-0.4, -0.2) is 5.78 Å². The van der Waals surface area contributed by atoms with Crippen LogP contribution >= 0.6 is 0 Å². The Morgan fingerprint density at radius 1 is 1.50 bits per heavy atom. The molecule has 0 bridgehead atoms. The molecular weight excluding hydrogens is 124 g/mol. The Hall–Kier alpha value is -0.330. The Bertz CT molecular complexity index is 209. The summed E-state index contributed by atoms with van der Waals surface area (Å²) in [6.45, 7) is 6.12. The summed E-state index contributed by atoms with van der Waals surface area (Å²) in [6.07, 6.45) is 2.56. The van der Waals surface area contributed by atoms with Crippen LogP contribution in [0.25, 0.3) is 0 Å². The summed E-state index contributed by atoms with van der Waals surface area (Å²) in [6, 6.07) is 0. The van der Waals surface area contributed by atoms with E-state index in [1.807, 2.05) is 0 Å². The van der Waals surface area contributed by atoms with E-state index in [2.05, 4.69) is 13.8 Å². The molecular formula is C9H14O. The molecule has 0 radical (unpaired) electrons. The molecule has 2 saturated carbocycles. The molecule has 0 N–H and O–H groups in total. The normalized spacial score (nSPS) is 56.9. The molecule has 2 aliphatic carbocycles. The molecule has 0 amide bonds. The lowest BCUT2D eigenvalue weighted by molar-refractivity contribution is -0.122. The third-order valence-electron chi connectivity index (χ3n) is 4.25. The van der Waals surface area contributed by atoms with Crippen LogP contribution in [0.15, 0.2) is 0 Å². The molecule has 2 aliphatic rings. The van der Waals surface area contributed by atoms with Crippen molar-refractivity contribution >= 4 is 5.78 Å². The van der Waals surface area contributed by atoms with Crippen LogP contribution in [0.1, 0.15) is 33.6 Å². The Morgan fingerprint density at radius 2 is 2.00 bits per heavy atom. The van der Waals surface area contributed by atoms with E-state index in [1.165, 1.54) is 12.8 Å². The van der Waals surface area contributed by atoms with Gasteiger partial charge in [-0.1, -0.05) is 13.8 Å². The Kier molecular flexibility index (Phi) is 0.842. The van der Waals surface area contributed by atoms with E-state index in [0.717, 1.165) is 5.92 Å². The summed E-state index contributed by atoms with van der Waals surface area (Å²) < 4.78 is 0. The first-order chi connectivity index (χ1) is 4.53. The molecule has 0 heterocycles. The van der Waals surface area contributed by atoms with Crippen LogP contribution in [0.3, 0.4) is 0 Å². The Balaban J connectivity index is 2.29. The summed E-state index contributed by atoms with van der Waals surface area (Å²) in [5.41, 5.74) is 0.492. The topological polar surface area (TPSA) is 17.1 Å². The summed E-state index contributed by atoms with van der Waals surface area (Å²) >= 11 is 0. The van der Waals surface area contributed by atoms with E-state index in [-0.39, 0.29) is 5.41 Å². The molecule has 0 aliphatic heterocycles. The average Bonchev–Trinajstić information content (AvgIpc) is 2.11. The Labute approximate surface area is 61.8 Å². The zero-order valence-corrected chi connectivity index (χ0v) is 6.90. The van der Waals surface area contributed by atoms with Gasteiger partial charge in [-0.15, -0.1) is 0 Å². The largest absolute Gasteiger partial charge is 0.299 e. The number of Topliss-reactive ketones (excluding diaryl/α,β-unsaturated/α-hetero) is 1. The van der Waals surface area contributed by atoms with Gasteiger partial charge in [-0.25, -0.2) is 0 Å². The van der Waals surface area contributed by atoms with Crippen molar-refractivity contribution in [3.8, 4) is 0 Å². The van der Waals surface area contributed by atoms with Crippen molar-refractivity contribution in [2.45, 2.75) is 33.6 Å². The van der Waals surface area contributed by atoms with E-state index in [4.69, 9.17) is 0 Å². The molecule has 2 rings (SSSR count). The van der Waals surface area contributed by atoms with Crippen molar-refractivity contribution in [2.75, 3.05) is 0 Å². The molecule has 0 saturated heterocycles. The highest BCUT2D eigenvalue weighted by Crippen LogP contribution is 2.80. The predicted molar refractivity (Wildman–Crippen MR) is 39.6 cm³/mol. The highest BCUT2D eigenvalue weighted by atomic mass is 16.1. The second-order valence-electron chi connectivity index (χ2n) is 4.27. The van der Waals surface area contributed by atoms with Crippen molar-refractivity contribution in [3.63, 3.8) is 0 Å². The minimum absolute atomic E-state index is 0.0764. The third kappa shape index (κ3) is 0.363. The summed E-state index contributed by atoms with van der Waals surface area (Å²) in [4.78, 5) is 11.2. The first-order valence-corrected chi connectivity index (χ1v) is 4.04. The van der Waals surface area contributed by atoms with Crippen molar-refractivity contribution in [1.82, 2.24) is 0 Å². The number of fused-ring (bicyclic) bond motifs is 1. The average molecular weight is 138 g/mol. The van der Waals surface area contributed by atoms with Crippen LogP contribution in [0.5, 0.6) is 0 Å². The molecule has 1 heteroatoms. The zero-order valence-electron chi connectivity index (χ0n) is 6.90. The maximum absolute atomic E-state index is 11.2. The van der Waals surface area contributed by atoms with Gasteiger partial charge in [0.2, 0.25) is 0 Å². The summed E-state index contributed by atoms with van der Waals surface area (Å²) in [5, 5.41) is 0. The van der Waals surface area contributed by atoms with Gasteiger partial charge in [0.1, 0.15) is 5.78 Å². The van der Waals surface area contributed by atoms with Gasteiger partial charge in [0, 0.05) is 5.41 Å². The summed E-state index contributed by atoms with van der Waals surface area (Å²) in [7, 11) is 0. The van der Waals surface area contributed by atoms with E-state index < -0.39 is 0 Å². The summed E-state index contributed by atoms with van der Waals surface area (Å²) in [5.74, 6) is 1.13. The van der Waals surface area contributed by atoms with E-state index in [9.17, 15) is 4.79 Å². The number of carbonyl (C=O) groups is 1. The minimum atomic E-state index is 0.0764. The van der Waals surface area contributed by atoms with Gasteiger partial charge in [0.05, 0.1) is 0 Å². The fraction of sp³-hybridized carbons (Fsp3) is 0.889. The van der Waals surface area contributed by atoms with Gasteiger partial charge in [-0.2, -0.15) is 0 Å². The fourth-order valence-corrected chi connectivity index (χ4v) is 2.90. The highest BCUT2D eigenvalue weighted by Gasteiger charge is 2.77. The first kappa shape index (κ1) is 6.38. The lowest BCUT2D eigenvalue weighted by Crippen LogP contribution is -2.15. The van der Waals surface area contributed by atoms with E-state index in [1.54, 1.807) is 6.92 Å². The highest BCUT2D eigenvalue weighted by molar-refractivity contribution is 5.87. The second kappa shape index (κ2) is 1.32. The minimum Gasteiger partial charge on any atom is -0.299 e. The molecule has 0 aromatic carbocycles.